The number of rotatable bonds is 3. The van der Waals surface area contributed by atoms with Gasteiger partial charge in [0.1, 0.15) is 17.9 Å². The molecule has 1 aliphatic carbocycles. The van der Waals surface area contributed by atoms with Gasteiger partial charge in [0.25, 0.3) is 11.7 Å². The first kappa shape index (κ1) is 47.7. The van der Waals surface area contributed by atoms with Crippen LogP contribution in [0.3, 0.4) is 0 Å². The number of carbonyl (C=O) groups is 4. The van der Waals surface area contributed by atoms with Crippen molar-refractivity contribution in [1.29, 1.82) is 0 Å². The second kappa shape index (κ2) is 22.0. The van der Waals surface area contributed by atoms with Crippen molar-refractivity contribution in [2.75, 3.05) is 6.54 Å². The molecule has 0 aromatic rings. The average Bonchev–Trinajstić information content (AvgIpc) is 3.19. The molecule has 1 unspecified atom stereocenters. The SMILES string of the molecule is C/C1=C\CC([C@H](C)C[C@@H]2CC[C@@H](O)[C@H](O)C2)OC(=O)[C@@H]2CCCCN2C(=O)C(=O)[C@]2(O)O[C@@H](CC[C@H]2C)C[C@H](O)/C(C)=C/C=C/C=C/[C@@H](C)CC[C@@H](C)C(=O)C[C@@H]1O. The van der Waals surface area contributed by atoms with Crippen molar-refractivity contribution in [3.8, 4) is 0 Å². The summed E-state index contributed by atoms with van der Waals surface area (Å²) in [6.45, 7) is 11.2. The van der Waals surface area contributed by atoms with E-state index >= 15 is 0 Å². The van der Waals surface area contributed by atoms with Crippen LogP contribution >= 0.6 is 0 Å². The van der Waals surface area contributed by atoms with Crippen LogP contribution in [-0.4, -0.2) is 109 Å². The minimum atomic E-state index is -2.44. The highest BCUT2D eigenvalue weighted by molar-refractivity contribution is 6.39. The molecule has 5 N–H and O–H groups in total. The van der Waals surface area contributed by atoms with Gasteiger partial charge in [0.2, 0.25) is 5.79 Å². The number of nitrogens with zero attached hydrogens (tertiary/aromatic N) is 1. The smallest absolute Gasteiger partial charge is 0.329 e. The monoisotopic (exact) mass is 814 g/mol. The van der Waals surface area contributed by atoms with Gasteiger partial charge < -0.3 is 39.9 Å². The highest BCUT2D eigenvalue weighted by atomic mass is 16.6. The standard InChI is InChI=1S/C46H71NO11/c1-28-12-8-7-9-13-29(2)38(49)26-35-20-18-33(6)46(56,58-35)43(53)44(54)47-23-11-10-14-36(47)45(55)57-42(32(5)24-34-19-21-37(48)41(52)25-34)22-17-31(4)40(51)27-39(50)30(3)16-15-28/h7-9,12-13,17,28,30,32-38,40-42,48-49,51-52,56H,10-11,14-16,18-27H2,1-6H3/b9-7+,12-8+,29-13+,31-17+/t28-,30-,32-,33-,34+,35+,36+,37-,38+,40+,41-,42?,46-/m1/s1. The largest absolute Gasteiger partial charge is 0.460 e. The number of fused-ring (bicyclic) bond motifs is 3. The highest BCUT2D eigenvalue weighted by Crippen LogP contribution is 2.37. The van der Waals surface area contributed by atoms with Gasteiger partial charge in [-0.2, -0.15) is 0 Å². The lowest BCUT2D eigenvalue weighted by molar-refractivity contribution is -0.265. The van der Waals surface area contributed by atoms with Crippen LogP contribution in [0.5, 0.6) is 0 Å². The number of amides is 1. The molecular weight excluding hydrogens is 743 g/mol. The number of cyclic esters (lactones) is 1. The molecule has 58 heavy (non-hydrogen) atoms. The molecule has 3 fully saturated rings. The molecule has 4 aliphatic rings. The summed E-state index contributed by atoms with van der Waals surface area (Å²) in [7, 11) is 0. The molecule has 2 bridgehead atoms. The Kier molecular flexibility index (Phi) is 18.1. The van der Waals surface area contributed by atoms with Crippen LogP contribution in [0, 0.1) is 29.6 Å². The minimum Gasteiger partial charge on any atom is -0.460 e. The van der Waals surface area contributed by atoms with Crippen LogP contribution in [0.25, 0.3) is 0 Å². The molecule has 0 spiro atoms. The average molecular weight is 814 g/mol. The number of esters is 1. The van der Waals surface area contributed by atoms with E-state index in [1.165, 1.54) is 4.90 Å². The van der Waals surface area contributed by atoms with Crippen molar-refractivity contribution in [2.24, 2.45) is 29.6 Å². The van der Waals surface area contributed by atoms with E-state index in [9.17, 15) is 44.7 Å². The van der Waals surface area contributed by atoms with Gasteiger partial charge in [-0.15, -0.1) is 0 Å². The third-order valence-electron chi connectivity index (χ3n) is 13.2. The molecule has 1 saturated carbocycles. The molecular formula is C46H71NO11. The van der Waals surface area contributed by atoms with Gasteiger partial charge in [0.15, 0.2) is 0 Å². The first-order chi connectivity index (χ1) is 27.4. The Hall–Kier alpha value is -3.00. The second-order valence-corrected chi connectivity index (χ2v) is 18.0. The Balaban J connectivity index is 1.63. The predicted octanol–water partition coefficient (Wildman–Crippen LogP) is 5.43. The molecule has 0 aromatic carbocycles. The summed E-state index contributed by atoms with van der Waals surface area (Å²) in [6, 6.07) is -1.08. The van der Waals surface area contributed by atoms with E-state index in [-0.39, 0.29) is 61.7 Å². The zero-order valence-corrected chi connectivity index (χ0v) is 35.6. The van der Waals surface area contributed by atoms with Crippen LogP contribution in [0.15, 0.2) is 47.6 Å². The van der Waals surface area contributed by atoms with Crippen molar-refractivity contribution in [3.63, 3.8) is 0 Å². The normalized spacial score (nSPS) is 41.0. The fraction of sp³-hybridized carbons (Fsp3) is 0.739. The van der Waals surface area contributed by atoms with Crippen molar-refractivity contribution in [2.45, 2.75) is 180 Å². The molecule has 3 aliphatic heterocycles. The Bertz CT molecular complexity index is 1540. The third kappa shape index (κ3) is 13.0. The number of aliphatic hydroxyl groups is 5. The van der Waals surface area contributed by atoms with E-state index in [0.717, 1.165) is 6.42 Å². The number of aliphatic hydroxyl groups excluding tert-OH is 4. The van der Waals surface area contributed by atoms with Gasteiger partial charge >= 0.3 is 5.97 Å². The van der Waals surface area contributed by atoms with E-state index in [1.807, 2.05) is 32.1 Å². The number of hydrogen-bond donors (Lipinski definition) is 5. The first-order valence-electron chi connectivity index (χ1n) is 21.8. The maximum Gasteiger partial charge on any atom is 0.329 e. The summed E-state index contributed by atoms with van der Waals surface area (Å²) in [5, 5.41) is 54.4. The van der Waals surface area contributed by atoms with Gasteiger partial charge in [-0.1, -0.05) is 64.2 Å². The predicted molar refractivity (Wildman–Crippen MR) is 220 cm³/mol. The fourth-order valence-electron chi connectivity index (χ4n) is 8.77. The van der Waals surface area contributed by atoms with Crippen molar-refractivity contribution >= 4 is 23.4 Å². The minimum absolute atomic E-state index is 0.0387. The molecule has 0 aromatic heterocycles. The summed E-state index contributed by atoms with van der Waals surface area (Å²) in [6.07, 6.45) is 12.5. The Labute approximate surface area is 345 Å². The zero-order valence-electron chi connectivity index (χ0n) is 35.6. The van der Waals surface area contributed by atoms with E-state index in [0.29, 0.717) is 68.9 Å². The van der Waals surface area contributed by atoms with Crippen molar-refractivity contribution < 1.29 is 54.2 Å². The van der Waals surface area contributed by atoms with Crippen molar-refractivity contribution in [3.05, 3.63) is 47.6 Å². The van der Waals surface area contributed by atoms with Crippen molar-refractivity contribution in [1.82, 2.24) is 4.90 Å². The van der Waals surface area contributed by atoms with Gasteiger partial charge in [0.05, 0.1) is 30.5 Å². The van der Waals surface area contributed by atoms with Crippen LogP contribution in [0.4, 0.5) is 0 Å². The lowest BCUT2D eigenvalue weighted by Gasteiger charge is -2.42. The van der Waals surface area contributed by atoms with E-state index in [2.05, 4.69) is 13.0 Å². The highest BCUT2D eigenvalue weighted by Gasteiger charge is 2.53. The van der Waals surface area contributed by atoms with Gasteiger partial charge in [0, 0.05) is 37.6 Å². The second-order valence-electron chi connectivity index (χ2n) is 18.0. The van der Waals surface area contributed by atoms with E-state index in [4.69, 9.17) is 9.47 Å². The number of piperidine rings is 1. The topological polar surface area (TPSA) is 191 Å². The summed E-state index contributed by atoms with van der Waals surface area (Å²) in [4.78, 5) is 56.5. The summed E-state index contributed by atoms with van der Waals surface area (Å²) >= 11 is 0. The maximum absolute atomic E-state index is 14.1. The zero-order chi connectivity index (χ0) is 42.7. The molecule has 0 radical (unpaired) electrons. The first-order valence-corrected chi connectivity index (χ1v) is 21.8. The maximum atomic E-state index is 14.1. The van der Waals surface area contributed by atoms with E-state index in [1.54, 1.807) is 32.9 Å². The van der Waals surface area contributed by atoms with Crippen LogP contribution in [0.2, 0.25) is 0 Å². The van der Waals surface area contributed by atoms with Gasteiger partial charge in [-0.3, -0.25) is 14.4 Å². The molecule has 12 heteroatoms. The lowest BCUT2D eigenvalue weighted by atomic mass is 9.79. The molecule has 3 heterocycles. The summed E-state index contributed by atoms with van der Waals surface area (Å²) < 4.78 is 12.2. The van der Waals surface area contributed by atoms with Crippen LogP contribution in [-0.2, 0) is 28.7 Å². The Morgan fingerprint density at radius 1 is 0.828 bits per heavy atom. The molecule has 326 valence electrons. The number of ketones is 2. The van der Waals surface area contributed by atoms with Gasteiger partial charge in [-0.05, 0) is 113 Å². The number of carbonyl (C=O) groups excluding carboxylic acids is 4. The molecule has 2 saturated heterocycles. The number of hydrogen-bond acceptors (Lipinski definition) is 11. The lowest BCUT2D eigenvalue weighted by Crippen LogP contribution is -2.60. The Morgan fingerprint density at radius 2 is 1.57 bits per heavy atom. The van der Waals surface area contributed by atoms with Crippen LogP contribution in [0.1, 0.15) is 131 Å². The molecule has 1 amide bonds. The number of ether oxygens (including phenoxy) is 2. The molecule has 13 atom stereocenters. The van der Waals surface area contributed by atoms with Gasteiger partial charge in [-0.25, -0.2) is 4.79 Å². The quantitative estimate of drug-likeness (QED) is 0.139. The summed E-state index contributed by atoms with van der Waals surface area (Å²) in [5.41, 5.74) is 1.24. The van der Waals surface area contributed by atoms with Crippen LogP contribution < -0.4 is 0 Å². The molecule has 12 nitrogen and oxygen atoms in total. The van der Waals surface area contributed by atoms with E-state index < -0.39 is 72.0 Å². The number of allylic oxidation sites excluding steroid dienone is 5. The summed E-state index contributed by atoms with van der Waals surface area (Å²) in [5.74, 6) is -6.22. The fourth-order valence-corrected chi connectivity index (χ4v) is 8.77. The number of Topliss-reactive ketones (excluding diaryl/α,β-unsaturated/α-hetero) is 2. The third-order valence-corrected chi connectivity index (χ3v) is 13.2. The Morgan fingerprint density at radius 3 is 2.29 bits per heavy atom. The molecule has 4 rings (SSSR count).